The fourth-order valence-electron chi connectivity index (χ4n) is 0.471. The Labute approximate surface area is 71.6 Å². The zero-order valence-corrected chi connectivity index (χ0v) is 7.65. The summed E-state index contributed by atoms with van der Waals surface area (Å²) >= 11 is 0. The lowest BCUT2D eigenvalue weighted by Crippen LogP contribution is -2.38. The van der Waals surface area contributed by atoms with E-state index in [9.17, 15) is 13.2 Å². The third kappa shape index (κ3) is 7.45. The standard InChI is InChI=1S/C5H13N3O3S/c1-12(10,11)8-4-5(9)7-3-2-6/h8H,2-4,6H2,1H3,(H,7,9). The minimum atomic E-state index is -3.29. The summed E-state index contributed by atoms with van der Waals surface area (Å²) in [4.78, 5) is 10.8. The van der Waals surface area contributed by atoms with Crippen LogP contribution in [0.4, 0.5) is 0 Å². The van der Waals surface area contributed by atoms with Crippen molar-refractivity contribution in [2.24, 2.45) is 5.73 Å². The highest BCUT2D eigenvalue weighted by Crippen LogP contribution is 1.72. The van der Waals surface area contributed by atoms with Crippen molar-refractivity contribution in [1.29, 1.82) is 0 Å². The van der Waals surface area contributed by atoms with Crippen LogP contribution in [0.3, 0.4) is 0 Å². The maximum atomic E-state index is 10.8. The molecule has 12 heavy (non-hydrogen) atoms. The first-order valence-corrected chi connectivity index (χ1v) is 5.26. The second-order valence-electron chi connectivity index (χ2n) is 2.23. The minimum absolute atomic E-state index is 0.237. The van der Waals surface area contributed by atoms with Gasteiger partial charge in [0.25, 0.3) is 0 Å². The van der Waals surface area contributed by atoms with E-state index in [2.05, 4.69) is 5.32 Å². The molecule has 0 saturated heterocycles. The number of hydrogen-bond acceptors (Lipinski definition) is 4. The van der Waals surface area contributed by atoms with Gasteiger partial charge in [0.1, 0.15) is 0 Å². The van der Waals surface area contributed by atoms with E-state index in [4.69, 9.17) is 5.73 Å². The van der Waals surface area contributed by atoms with Gasteiger partial charge >= 0.3 is 0 Å². The molecule has 0 atom stereocenters. The topological polar surface area (TPSA) is 101 Å². The van der Waals surface area contributed by atoms with E-state index < -0.39 is 10.0 Å². The van der Waals surface area contributed by atoms with Crippen molar-refractivity contribution < 1.29 is 13.2 Å². The molecule has 0 radical (unpaired) electrons. The molecule has 0 spiro atoms. The molecule has 0 unspecified atom stereocenters. The molecule has 0 aliphatic carbocycles. The SMILES string of the molecule is CS(=O)(=O)NCC(=O)NCCN. The van der Waals surface area contributed by atoms with Gasteiger partial charge in [0.05, 0.1) is 12.8 Å². The first-order valence-electron chi connectivity index (χ1n) is 3.37. The van der Waals surface area contributed by atoms with Crippen LogP contribution in [0.25, 0.3) is 0 Å². The first kappa shape index (κ1) is 11.3. The quantitative estimate of drug-likeness (QED) is 0.455. The van der Waals surface area contributed by atoms with Gasteiger partial charge in [0.2, 0.25) is 15.9 Å². The van der Waals surface area contributed by atoms with E-state index in [1.54, 1.807) is 0 Å². The van der Waals surface area contributed by atoms with Crippen molar-refractivity contribution >= 4 is 15.9 Å². The van der Waals surface area contributed by atoms with E-state index in [0.717, 1.165) is 6.26 Å². The third-order valence-electron chi connectivity index (χ3n) is 0.961. The van der Waals surface area contributed by atoms with E-state index in [0.29, 0.717) is 13.1 Å². The molecule has 0 fully saturated rings. The molecule has 0 aromatic carbocycles. The Morgan fingerprint density at radius 1 is 1.50 bits per heavy atom. The highest BCUT2D eigenvalue weighted by molar-refractivity contribution is 7.88. The van der Waals surface area contributed by atoms with Crippen LogP contribution in [0.2, 0.25) is 0 Å². The van der Waals surface area contributed by atoms with Gasteiger partial charge < -0.3 is 11.1 Å². The molecule has 0 rings (SSSR count). The zero-order chi connectivity index (χ0) is 9.61. The summed E-state index contributed by atoms with van der Waals surface area (Å²) in [5.41, 5.74) is 5.11. The summed E-state index contributed by atoms with van der Waals surface area (Å²) in [5, 5.41) is 2.41. The van der Waals surface area contributed by atoms with Gasteiger partial charge in [-0.15, -0.1) is 0 Å². The molecule has 0 aliphatic rings. The fraction of sp³-hybridized carbons (Fsp3) is 0.800. The molecule has 0 heterocycles. The summed E-state index contributed by atoms with van der Waals surface area (Å²) in [5.74, 6) is -0.383. The summed E-state index contributed by atoms with van der Waals surface area (Å²) < 4.78 is 23.0. The second-order valence-corrected chi connectivity index (χ2v) is 4.06. The molecule has 4 N–H and O–H groups in total. The van der Waals surface area contributed by atoms with Crippen LogP contribution in [-0.2, 0) is 14.8 Å². The smallest absolute Gasteiger partial charge is 0.235 e. The van der Waals surface area contributed by atoms with Crippen molar-refractivity contribution in [2.45, 2.75) is 0 Å². The average Bonchev–Trinajstić information content (AvgIpc) is 1.95. The lowest BCUT2D eigenvalue weighted by atomic mass is 10.5. The maximum absolute atomic E-state index is 10.8. The summed E-state index contributed by atoms with van der Waals surface area (Å²) in [6.07, 6.45) is 0.989. The van der Waals surface area contributed by atoms with Gasteiger partial charge in [0.15, 0.2) is 0 Å². The van der Waals surface area contributed by atoms with Crippen molar-refractivity contribution in [1.82, 2.24) is 10.0 Å². The van der Waals surface area contributed by atoms with E-state index in [-0.39, 0.29) is 12.5 Å². The Bertz CT molecular complexity index is 236. The number of carbonyl (C=O) groups excluding carboxylic acids is 1. The molecular formula is C5H13N3O3S. The first-order chi connectivity index (χ1) is 5.45. The van der Waals surface area contributed by atoms with Crippen molar-refractivity contribution in [2.75, 3.05) is 25.9 Å². The van der Waals surface area contributed by atoms with Gasteiger partial charge in [-0.1, -0.05) is 0 Å². The number of sulfonamides is 1. The average molecular weight is 195 g/mol. The molecular weight excluding hydrogens is 182 g/mol. The number of carbonyl (C=O) groups is 1. The molecule has 0 aliphatic heterocycles. The Morgan fingerprint density at radius 2 is 2.08 bits per heavy atom. The van der Waals surface area contributed by atoms with Crippen LogP contribution < -0.4 is 15.8 Å². The molecule has 0 aromatic rings. The third-order valence-corrected chi connectivity index (χ3v) is 1.63. The number of amides is 1. The highest BCUT2D eigenvalue weighted by Gasteiger charge is 2.04. The van der Waals surface area contributed by atoms with Crippen LogP contribution >= 0.6 is 0 Å². The normalized spacial score (nSPS) is 11.2. The number of nitrogens with two attached hydrogens (primary N) is 1. The summed E-state index contributed by atoms with van der Waals surface area (Å²) in [6, 6.07) is 0. The summed E-state index contributed by atoms with van der Waals surface area (Å²) in [7, 11) is -3.29. The summed E-state index contributed by atoms with van der Waals surface area (Å²) in [6.45, 7) is 0.452. The van der Waals surface area contributed by atoms with Crippen molar-refractivity contribution in [3.8, 4) is 0 Å². The molecule has 0 aromatic heterocycles. The zero-order valence-electron chi connectivity index (χ0n) is 6.83. The Balaban J connectivity index is 3.58. The predicted octanol–water partition coefficient (Wildman–Crippen LogP) is -2.39. The van der Waals surface area contributed by atoms with Crippen molar-refractivity contribution in [3.63, 3.8) is 0 Å². The molecule has 0 bridgehead atoms. The number of rotatable bonds is 5. The van der Waals surface area contributed by atoms with E-state index >= 15 is 0 Å². The Hall–Kier alpha value is -0.660. The molecule has 6 nitrogen and oxygen atoms in total. The number of nitrogens with one attached hydrogen (secondary N) is 2. The molecule has 72 valence electrons. The van der Waals surface area contributed by atoms with Gasteiger partial charge in [-0.3, -0.25) is 4.79 Å². The van der Waals surface area contributed by atoms with Crippen LogP contribution in [0, 0.1) is 0 Å². The lowest BCUT2D eigenvalue weighted by Gasteiger charge is -2.02. The fourth-order valence-corrected chi connectivity index (χ4v) is 0.864. The van der Waals surface area contributed by atoms with Crippen molar-refractivity contribution in [3.05, 3.63) is 0 Å². The lowest BCUT2D eigenvalue weighted by molar-refractivity contribution is -0.119. The van der Waals surface area contributed by atoms with Gasteiger partial charge in [-0.2, -0.15) is 0 Å². The van der Waals surface area contributed by atoms with Gasteiger partial charge in [0, 0.05) is 13.1 Å². The van der Waals surface area contributed by atoms with Gasteiger partial charge in [-0.05, 0) is 0 Å². The second kappa shape index (κ2) is 5.07. The Morgan fingerprint density at radius 3 is 2.50 bits per heavy atom. The maximum Gasteiger partial charge on any atom is 0.235 e. The predicted molar refractivity (Wildman–Crippen MR) is 44.9 cm³/mol. The molecule has 7 heteroatoms. The monoisotopic (exact) mass is 195 g/mol. The van der Waals surface area contributed by atoms with Crippen LogP contribution in [0.1, 0.15) is 0 Å². The highest BCUT2D eigenvalue weighted by atomic mass is 32.2. The van der Waals surface area contributed by atoms with Crippen LogP contribution in [0.15, 0.2) is 0 Å². The van der Waals surface area contributed by atoms with E-state index in [1.165, 1.54) is 0 Å². The number of hydrogen-bond donors (Lipinski definition) is 3. The molecule has 0 saturated carbocycles. The van der Waals surface area contributed by atoms with E-state index in [1.807, 2.05) is 4.72 Å². The molecule has 1 amide bonds. The van der Waals surface area contributed by atoms with Crippen LogP contribution in [0.5, 0.6) is 0 Å². The largest absolute Gasteiger partial charge is 0.354 e. The minimum Gasteiger partial charge on any atom is -0.354 e. The Kier molecular flexibility index (Phi) is 4.79. The van der Waals surface area contributed by atoms with Crippen LogP contribution in [-0.4, -0.2) is 40.2 Å². The van der Waals surface area contributed by atoms with Gasteiger partial charge in [-0.25, -0.2) is 13.1 Å².